The Bertz CT molecular complexity index is 515. The van der Waals surface area contributed by atoms with Gasteiger partial charge >= 0.3 is 5.97 Å². The van der Waals surface area contributed by atoms with Crippen molar-refractivity contribution in [2.24, 2.45) is 0 Å². The molecular weight excluding hydrogens is 254 g/mol. The maximum absolute atomic E-state index is 11.9. The number of hydrogen-bond acceptors (Lipinski definition) is 4. The van der Waals surface area contributed by atoms with Crippen LogP contribution in [0.1, 0.15) is 27.1 Å². The van der Waals surface area contributed by atoms with Gasteiger partial charge in [0.25, 0.3) is 5.91 Å². The Balaban J connectivity index is 2.18. The first kappa shape index (κ1) is 12.6. The highest BCUT2D eigenvalue weighted by molar-refractivity contribution is 8.14. The van der Waals surface area contributed by atoms with E-state index in [0.717, 1.165) is 0 Å². The third-order valence-corrected chi connectivity index (χ3v) is 3.65. The molecule has 5 nitrogen and oxygen atoms in total. The predicted octanol–water partition coefficient (Wildman–Crippen LogP) is 1.15. The van der Waals surface area contributed by atoms with Crippen LogP contribution in [0.2, 0.25) is 0 Å². The maximum atomic E-state index is 11.9. The second-order valence-electron chi connectivity index (χ2n) is 3.83. The van der Waals surface area contributed by atoms with Gasteiger partial charge in [0.1, 0.15) is 0 Å². The molecule has 0 spiro atoms. The highest BCUT2D eigenvalue weighted by atomic mass is 32.2. The highest BCUT2D eigenvalue weighted by Crippen LogP contribution is 2.20. The number of rotatable bonds is 3. The van der Waals surface area contributed by atoms with Crippen LogP contribution in [0.25, 0.3) is 0 Å². The molecule has 2 N–H and O–H groups in total. The lowest BCUT2D eigenvalue weighted by Crippen LogP contribution is -2.37. The Morgan fingerprint density at radius 1 is 1.28 bits per heavy atom. The zero-order valence-electron chi connectivity index (χ0n) is 9.38. The molecule has 0 bridgehead atoms. The summed E-state index contributed by atoms with van der Waals surface area (Å²) in [7, 11) is 0. The van der Waals surface area contributed by atoms with E-state index in [2.05, 4.69) is 5.32 Å². The topological polar surface area (TPSA) is 83.5 Å². The van der Waals surface area contributed by atoms with Crippen LogP contribution < -0.4 is 5.32 Å². The SMILES string of the molecule is O=C(O)c1ccccc1C(=O)NC1CCSC1=O. The molecule has 18 heavy (non-hydrogen) atoms. The molecule has 2 rings (SSSR count). The minimum atomic E-state index is -1.16. The average molecular weight is 265 g/mol. The zero-order chi connectivity index (χ0) is 13.1. The van der Waals surface area contributed by atoms with E-state index in [1.807, 2.05) is 0 Å². The number of nitrogens with one attached hydrogen (secondary N) is 1. The van der Waals surface area contributed by atoms with E-state index >= 15 is 0 Å². The molecule has 1 aliphatic heterocycles. The maximum Gasteiger partial charge on any atom is 0.336 e. The third kappa shape index (κ3) is 2.53. The molecule has 0 aromatic heterocycles. The number of aromatic carboxylic acids is 1. The van der Waals surface area contributed by atoms with E-state index in [9.17, 15) is 14.4 Å². The van der Waals surface area contributed by atoms with Crippen LogP contribution in [0.5, 0.6) is 0 Å². The highest BCUT2D eigenvalue weighted by Gasteiger charge is 2.28. The number of thioether (sulfide) groups is 1. The largest absolute Gasteiger partial charge is 0.478 e. The summed E-state index contributed by atoms with van der Waals surface area (Å²) in [5, 5.41) is 11.5. The van der Waals surface area contributed by atoms with Crippen molar-refractivity contribution in [1.82, 2.24) is 5.32 Å². The van der Waals surface area contributed by atoms with E-state index in [-0.39, 0.29) is 16.2 Å². The molecule has 1 fully saturated rings. The van der Waals surface area contributed by atoms with Gasteiger partial charge in [-0.05, 0) is 18.6 Å². The average Bonchev–Trinajstić information content (AvgIpc) is 2.75. The van der Waals surface area contributed by atoms with Gasteiger partial charge in [-0.3, -0.25) is 9.59 Å². The molecule has 94 valence electrons. The van der Waals surface area contributed by atoms with Crippen LogP contribution >= 0.6 is 11.8 Å². The second kappa shape index (κ2) is 5.22. The van der Waals surface area contributed by atoms with Crippen molar-refractivity contribution < 1.29 is 19.5 Å². The summed E-state index contributed by atoms with van der Waals surface area (Å²) >= 11 is 1.18. The van der Waals surface area contributed by atoms with Crippen molar-refractivity contribution >= 4 is 28.8 Å². The van der Waals surface area contributed by atoms with Gasteiger partial charge in [0.05, 0.1) is 17.2 Å². The van der Waals surface area contributed by atoms with Crippen molar-refractivity contribution in [3.63, 3.8) is 0 Å². The molecule has 6 heteroatoms. The molecule has 1 saturated heterocycles. The van der Waals surface area contributed by atoms with Gasteiger partial charge in [-0.15, -0.1) is 0 Å². The first-order chi connectivity index (χ1) is 8.59. The number of carboxylic acid groups (broad SMARTS) is 1. The lowest BCUT2D eigenvalue weighted by molar-refractivity contribution is -0.112. The minimum absolute atomic E-state index is 0.0619. The van der Waals surface area contributed by atoms with Gasteiger partial charge in [0, 0.05) is 5.75 Å². The van der Waals surface area contributed by atoms with E-state index in [1.54, 1.807) is 12.1 Å². The molecule has 1 heterocycles. The normalized spacial score (nSPS) is 18.7. The van der Waals surface area contributed by atoms with Crippen molar-refractivity contribution in [3.05, 3.63) is 35.4 Å². The molecule has 1 atom stereocenters. The molecule has 0 radical (unpaired) electrons. The van der Waals surface area contributed by atoms with Gasteiger partial charge in [-0.2, -0.15) is 0 Å². The standard InChI is InChI=1S/C12H11NO4S/c14-10(13-9-5-6-18-12(9)17)7-3-1-2-4-8(7)11(15)16/h1-4,9H,5-6H2,(H,13,14)(H,15,16). The van der Waals surface area contributed by atoms with Crippen molar-refractivity contribution in [2.75, 3.05) is 5.75 Å². The summed E-state index contributed by atoms with van der Waals surface area (Å²) in [5.41, 5.74) is 0.0165. The second-order valence-corrected chi connectivity index (χ2v) is 4.93. The van der Waals surface area contributed by atoms with Gasteiger partial charge in [-0.1, -0.05) is 23.9 Å². The van der Waals surface area contributed by atoms with Crippen LogP contribution in [0.4, 0.5) is 0 Å². The molecule has 1 aromatic rings. The smallest absolute Gasteiger partial charge is 0.336 e. The third-order valence-electron chi connectivity index (χ3n) is 2.64. The molecule has 0 aliphatic carbocycles. The van der Waals surface area contributed by atoms with Gasteiger partial charge in [0.15, 0.2) is 0 Å². The molecule has 0 saturated carbocycles. The number of carbonyl (C=O) groups excluding carboxylic acids is 2. The van der Waals surface area contributed by atoms with Crippen molar-refractivity contribution in [1.29, 1.82) is 0 Å². The van der Waals surface area contributed by atoms with Gasteiger partial charge in [0.2, 0.25) is 5.12 Å². The fourth-order valence-electron chi connectivity index (χ4n) is 1.73. The van der Waals surface area contributed by atoms with E-state index in [0.29, 0.717) is 12.2 Å². The molecule has 1 unspecified atom stereocenters. The fraction of sp³-hybridized carbons (Fsp3) is 0.250. The van der Waals surface area contributed by atoms with Crippen LogP contribution in [-0.2, 0) is 4.79 Å². The van der Waals surface area contributed by atoms with E-state index in [4.69, 9.17) is 5.11 Å². The summed E-state index contributed by atoms with van der Waals surface area (Å²) in [6.07, 6.45) is 0.588. The monoisotopic (exact) mass is 265 g/mol. The van der Waals surface area contributed by atoms with Crippen molar-refractivity contribution in [3.8, 4) is 0 Å². The summed E-state index contributed by atoms with van der Waals surface area (Å²) in [5.74, 6) is -0.994. The number of hydrogen-bond donors (Lipinski definition) is 2. The Hall–Kier alpha value is -1.82. The van der Waals surface area contributed by atoms with Crippen LogP contribution in [0.3, 0.4) is 0 Å². The first-order valence-corrected chi connectivity index (χ1v) is 6.38. The summed E-state index contributed by atoms with van der Waals surface area (Å²) in [6, 6.07) is 5.43. The van der Waals surface area contributed by atoms with Gasteiger partial charge < -0.3 is 10.4 Å². The van der Waals surface area contributed by atoms with Crippen molar-refractivity contribution in [2.45, 2.75) is 12.5 Å². The van der Waals surface area contributed by atoms with E-state index in [1.165, 1.54) is 23.9 Å². The summed E-state index contributed by atoms with van der Waals surface area (Å²) < 4.78 is 0. The first-order valence-electron chi connectivity index (χ1n) is 5.39. The molecule has 1 amide bonds. The molecular formula is C12H11NO4S. The Kier molecular flexibility index (Phi) is 3.66. The Morgan fingerprint density at radius 2 is 1.94 bits per heavy atom. The zero-order valence-corrected chi connectivity index (χ0v) is 10.2. The number of carbonyl (C=O) groups is 3. The summed E-state index contributed by atoms with van der Waals surface area (Å²) in [6.45, 7) is 0. The molecule has 1 aliphatic rings. The Labute approximate surface area is 108 Å². The minimum Gasteiger partial charge on any atom is -0.478 e. The molecule has 1 aromatic carbocycles. The summed E-state index contributed by atoms with van der Waals surface area (Å²) in [4.78, 5) is 34.3. The lowest BCUT2D eigenvalue weighted by atomic mass is 10.1. The predicted molar refractivity (Wildman–Crippen MR) is 66.7 cm³/mol. The van der Waals surface area contributed by atoms with Gasteiger partial charge in [-0.25, -0.2) is 4.79 Å². The van der Waals surface area contributed by atoms with E-state index < -0.39 is 17.9 Å². The quantitative estimate of drug-likeness (QED) is 0.856. The van der Waals surface area contributed by atoms with Crippen LogP contribution in [0.15, 0.2) is 24.3 Å². The lowest BCUT2D eigenvalue weighted by Gasteiger charge is -2.11. The number of amides is 1. The number of carboxylic acids is 1. The van der Waals surface area contributed by atoms with Crippen LogP contribution in [-0.4, -0.2) is 33.9 Å². The van der Waals surface area contributed by atoms with Crippen LogP contribution in [0, 0.1) is 0 Å². The fourth-order valence-corrected chi connectivity index (χ4v) is 2.66. The Morgan fingerprint density at radius 3 is 2.50 bits per heavy atom. The number of benzene rings is 1.